The second-order valence-corrected chi connectivity index (χ2v) is 10.3. The number of fused-ring (bicyclic) bond motifs is 1. The molecule has 0 saturated heterocycles. The zero-order valence-electron chi connectivity index (χ0n) is 23.0. The normalized spacial score (nSPS) is 17.1. The smallest absolute Gasteiger partial charge is 0.254 e. The first-order chi connectivity index (χ1) is 17.9. The van der Waals surface area contributed by atoms with Gasteiger partial charge in [-0.05, 0) is 80.5 Å². The van der Waals surface area contributed by atoms with Gasteiger partial charge in [0.1, 0.15) is 0 Å². The van der Waals surface area contributed by atoms with E-state index < -0.39 is 12.0 Å². The highest BCUT2D eigenvalue weighted by Gasteiger charge is 2.43. The SMILES string of the molecule is CCCN(CCC)CCCNC(=O)[C@@H]1c2cc(OC)c(OC)cc2C(=O)N(C)[C@H]1c1ccc(SC)cc1. The van der Waals surface area contributed by atoms with Gasteiger partial charge in [-0.1, -0.05) is 26.0 Å². The summed E-state index contributed by atoms with van der Waals surface area (Å²) in [6.45, 7) is 8.06. The van der Waals surface area contributed by atoms with Crippen molar-refractivity contribution in [2.45, 2.75) is 50.0 Å². The van der Waals surface area contributed by atoms with Crippen molar-refractivity contribution in [1.29, 1.82) is 0 Å². The van der Waals surface area contributed by atoms with Gasteiger partial charge in [-0.25, -0.2) is 0 Å². The number of carbonyl (C=O) groups excluding carboxylic acids is 2. The van der Waals surface area contributed by atoms with Crippen molar-refractivity contribution in [2.24, 2.45) is 0 Å². The summed E-state index contributed by atoms with van der Waals surface area (Å²) in [6.07, 6.45) is 5.14. The van der Waals surface area contributed by atoms with Crippen LogP contribution in [-0.4, -0.2) is 75.3 Å². The number of nitrogens with zero attached hydrogens (tertiary/aromatic N) is 2. The van der Waals surface area contributed by atoms with E-state index in [9.17, 15) is 9.59 Å². The van der Waals surface area contributed by atoms with Crippen molar-refractivity contribution < 1.29 is 19.1 Å². The molecule has 2 atom stereocenters. The number of methoxy groups -OCH3 is 2. The van der Waals surface area contributed by atoms with Crippen LogP contribution in [-0.2, 0) is 4.79 Å². The molecule has 37 heavy (non-hydrogen) atoms. The van der Waals surface area contributed by atoms with Gasteiger partial charge in [0.15, 0.2) is 11.5 Å². The predicted molar refractivity (Wildman–Crippen MR) is 150 cm³/mol. The molecule has 1 heterocycles. The van der Waals surface area contributed by atoms with Gasteiger partial charge in [-0.15, -0.1) is 11.8 Å². The lowest BCUT2D eigenvalue weighted by molar-refractivity contribution is -0.124. The number of rotatable bonds is 13. The Bertz CT molecular complexity index is 1050. The molecule has 1 aliphatic rings. The molecule has 0 radical (unpaired) electrons. The highest BCUT2D eigenvalue weighted by Crippen LogP contribution is 2.45. The second-order valence-electron chi connectivity index (χ2n) is 9.39. The fraction of sp³-hybridized carbons (Fsp3) is 0.517. The van der Waals surface area contributed by atoms with E-state index in [1.54, 1.807) is 50.1 Å². The Morgan fingerprint density at radius 3 is 2.22 bits per heavy atom. The Kier molecular flexibility index (Phi) is 10.7. The first kappa shape index (κ1) is 28.9. The predicted octanol–water partition coefficient (Wildman–Crippen LogP) is 4.96. The number of benzene rings is 2. The lowest BCUT2D eigenvalue weighted by atomic mass is 9.79. The summed E-state index contributed by atoms with van der Waals surface area (Å²) in [6, 6.07) is 11.1. The minimum atomic E-state index is -0.583. The molecule has 0 aliphatic carbocycles. The van der Waals surface area contributed by atoms with Crippen molar-refractivity contribution in [3.63, 3.8) is 0 Å². The standard InChI is InChI=1S/C29H41N3O4S/c1-7-15-32(16-8-2)17-9-14-30-28(33)26-22-18-24(35-4)25(36-5)19-23(22)29(34)31(3)27(26)20-10-12-21(37-6)13-11-20/h10-13,18-19,26-27H,7-9,14-17H2,1-6H3,(H,30,33)/t26-,27+/m1/s1. The van der Waals surface area contributed by atoms with Crippen LogP contribution in [0.1, 0.15) is 66.6 Å². The summed E-state index contributed by atoms with van der Waals surface area (Å²) in [5, 5.41) is 3.18. The van der Waals surface area contributed by atoms with Crippen molar-refractivity contribution in [3.05, 3.63) is 53.1 Å². The molecular weight excluding hydrogens is 486 g/mol. The summed E-state index contributed by atoms with van der Waals surface area (Å²) < 4.78 is 11.0. The molecule has 2 aromatic carbocycles. The lowest BCUT2D eigenvalue weighted by Gasteiger charge is -2.40. The van der Waals surface area contributed by atoms with Gasteiger partial charge in [0.2, 0.25) is 5.91 Å². The molecule has 0 aromatic heterocycles. The molecule has 0 spiro atoms. The third-order valence-corrected chi connectivity index (χ3v) is 7.69. The topological polar surface area (TPSA) is 71.1 Å². The third-order valence-electron chi connectivity index (χ3n) is 6.94. The van der Waals surface area contributed by atoms with Crippen LogP contribution < -0.4 is 14.8 Å². The Labute approximate surface area is 225 Å². The number of thioether (sulfide) groups is 1. The summed E-state index contributed by atoms with van der Waals surface area (Å²) in [5.74, 6) is 0.151. The minimum Gasteiger partial charge on any atom is -0.493 e. The highest BCUT2D eigenvalue weighted by molar-refractivity contribution is 7.98. The summed E-state index contributed by atoms with van der Waals surface area (Å²) in [7, 11) is 4.87. The number of ether oxygens (including phenoxy) is 2. The number of nitrogens with one attached hydrogen (secondary N) is 1. The maximum absolute atomic E-state index is 13.8. The molecule has 1 aliphatic heterocycles. The summed E-state index contributed by atoms with van der Waals surface area (Å²) >= 11 is 1.66. The van der Waals surface area contributed by atoms with Gasteiger partial charge < -0.3 is 24.6 Å². The molecule has 0 saturated carbocycles. The van der Waals surface area contributed by atoms with Gasteiger partial charge in [-0.2, -0.15) is 0 Å². The maximum atomic E-state index is 13.8. The van der Waals surface area contributed by atoms with E-state index in [0.29, 0.717) is 29.2 Å². The summed E-state index contributed by atoms with van der Waals surface area (Å²) in [5.41, 5.74) is 2.05. The Morgan fingerprint density at radius 2 is 1.65 bits per heavy atom. The van der Waals surface area contributed by atoms with Crippen LogP contribution in [0.25, 0.3) is 0 Å². The third kappa shape index (κ3) is 6.60. The van der Waals surface area contributed by atoms with E-state index in [2.05, 4.69) is 24.1 Å². The Morgan fingerprint density at radius 1 is 1.03 bits per heavy atom. The van der Waals surface area contributed by atoms with Gasteiger partial charge in [0.25, 0.3) is 5.91 Å². The molecule has 0 bridgehead atoms. The van der Waals surface area contributed by atoms with Crippen molar-refractivity contribution in [1.82, 2.24) is 15.1 Å². The average molecular weight is 528 g/mol. The van der Waals surface area contributed by atoms with E-state index >= 15 is 0 Å². The molecule has 202 valence electrons. The van der Waals surface area contributed by atoms with E-state index in [1.807, 2.05) is 30.5 Å². The minimum absolute atomic E-state index is 0.0932. The zero-order valence-corrected chi connectivity index (χ0v) is 23.8. The maximum Gasteiger partial charge on any atom is 0.254 e. The van der Waals surface area contributed by atoms with Crippen molar-refractivity contribution in [2.75, 3.05) is 53.7 Å². The number of amides is 2. The van der Waals surface area contributed by atoms with E-state index in [4.69, 9.17) is 9.47 Å². The van der Waals surface area contributed by atoms with Crippen LogP contribution in [0.2, 0.25) is 0 Å². The van der Waals surface area contributed by atoms with Crippen LogP contribution in [0, 0.1) is 0 Å². The fourth-order valence-corrected chi connectivity index (χ4v) is 5.55. The van der Waals surface area contributed by atoms with Gasteiger partial charge in [-0.3, -0.25) is 9.59 Å². The molecule has 1 N–H and O–H groups in total. The first-order valence-corrected chi connectivity index (χ1v) is 14.3. The number of hydrogen-bond donors (Lipinski definition) is 1. The average Bonchev–Trinajstić information content (AvgIpc) is 2.92. The summed E-state index contributed by atoms with van der Waals surface area (Å²) in [4.78, 5) is 32.6. The van der Waals surface area contributed by atoms with E-state index in [0.717, 1.165) is 49.4 Å². The van der Waals surface area contributed by atoms with Gasteiger partial charge in [0, 0.05) is 24.1 Å². The fourth-order valence-electron chi connectivity index (χ4n) is 5.14. The van der Waals surface area contributed by atoms with Crippen molar-refractivity contribution >= 4 is 23.6 Å². The van der Waals surface area contributed by atoms with Crippen LogP contribution in [0.15, 0.2) is 41.3 Å². The molecule has 8 heteroatoms. The van der Waals surface area contributed by atoms with Gasteiger partial charge >= 0.3 is 0 Å². The highest BCUT2D eigenvalue weighted by atomic mass is 32.2. The first-order valence-electron chi connectivity index (χ1n) is 13.1. The molecule has 7 nitrogen and oxygen atoms in total. The van der Waals surface area contributed by atoms with Crippen LogP contribution in [0.3, 0.4) is 0 Å². The number of hydrogen-bond acceptors (Lipinski definition) is 6. The largest absolute Gasteiger partial charge is 0.493 e. The van der Waals surface area contributed by atoms with E-state index in [-0.39, 0.29) is 11.8 Å². The molecule has 3 rings (SSSR count). The molecule has 0 fully saturated rings. The Balaban J connectivity index is 1.94. The molecule has 2 amide bonds. The molecule has 0 unspecified atom stereocenters. The molecular formula is C29H41N3O4S. The zero-order chi connectivity index (χ0) is 26.9. The molecule has 2 aromatic rings. The van der Waals surface area contributed by atoms with Gasteiger partial charge in [0.05, 0.1) is 26.2 Å². The van der Waals surface area contributed by atoms with Crippen LogP contribution in [0.4, 0.5) is 0 Å². The number of carbonyl (C=O) groups is 2. The van der Waals surface area contributed by atoms with Crippen molar-refractivity contribution in [3.8, 4) is 11.5 Å². The monoisotopic (exact) mass is 527 g/mol. The second kappa shape index (κ2) is 13.7. The number of likely N-dealkylation sites (N-methyl/N-ethyl adjacent to an activating group) is 1. The van der Waals surface area contributed by atoms with Crippen LogP contribution >= 0.6 is 11.8 Å². The van der Waals surface area contributed by atoms with E-state index in [1.165, 1.54) is 0 Å². The Hall–Kier alpha value is -2.71. The van der Waals surface area contributed by atoms with Crippen LogP contribution in [0.5, 0.6) is 11.5 Å². The lowest BCUT2D eigenvalue weighted by Crippen LogP contribution is -2.46. The quantitative estimate of drug-likeness (QED) is 0.293.